The van der Waals surface area contributed by atoms with Crippen molar-refractivity contribution in [3.63, 3.8) is 0 Å². The molecule has 13 nitrogen and oxygen atoms in total. The standard InChI is InChI=1S/C28H40N2O11/c1-18(31)30-24-26(40-21(4)34)25(39-20(3)33)23(17-37-19(2)32)41-27(24)36-15-11-6-5-10-14-29-28(35)38-16-22-12-8-7-9-13-22/h7-9,12-13,23-27H,5-6,10-11,14-17H2,1-4H3,(H,29,35)(H,30,31)/t23?,24-,25-,26?,27+/m0/s1. The smallest absolute Gasteiger partial charge is 0.407 e. The highest BCUT2D eigenvalue weighted by molar-refractivity contribution is 5.73. The van der Waals surface area contributed by atoms with Crippen LogP contribution >= 0.6 is 0 Å². The maximum absolute atomic E-state index is 12.0. The minimum absolute atomic E-state index is 0.203. The van der Waals surface area contributed by atoms with E-state index in [1.165, 1.54) is 27.7 Å². The van der Waals surface area contributed by atoms with Crippen LogP contribution in [0.15, 0.2) is 30.3 Å². The van der Waals surface area contributed by atoms with Gasteiger partial charge in [-0.2, -0.15) is 0 Å². The third-order valence-corrected chi connectivity index (χ3v) is 5.91. The molecule has 2 N–H and O–H groups in total. The number of ether oxygens (including phenoxy) is 6. The summed E-state index contributed by atoms with van der Waals surface area (Å²) in [5.41, 5.74) is 0.907. The summed E-state index contributed by atoms with van der Waals surface area (Å²) in [6.45, 7) is 5.45. The summed E-state index contributed by atoms with van der Waals surface area (Å²) in [4.78, 5) is 59.0. The summed E-state index contributed by atoms with van der Waals surface area (Å²) in [6, 6.07) is 8.39. The third-order valence-electron chi connectivity index (χ3n) is 5.91. The molecule has 0 bridgehead atoms. The molecule has 5 atom stereocenters. The van der Waals surface area contributed by atoms with Crippen LogP contribution in [0.25, 0.3) is 0 Å². The number of rotatable bonds is 15. The topological polar surface area (TPSA) is 165 Å². The lowest BCUT2D eigenvalue weighted by molar-refractivity contribution is -0.277. The molecule has 1 heterocycles. The van der Waals surface area contributed by atoms with Gasteiger partial charge in [-0.25, -0.2) is 4.79 Å². The molecule has 0 saturated carbocycles. The highest BCUT2D eigenvalue weighted by Gasteiger charge is 2.51. The van der Waals surface area contributed by atoms with Crippen LogP contribution in [-0.2, 0) is 54.2 Å². The predicted molar refractivity (Wildman–Crippen MR) is 143 cm³/mol. The Labute approximate surface area is 239 Å². The molecule has 41 heavy (non-hydrogen) atoms. The van der Waals surface area contributed by atoms with E-state index in [0.29, 0.717) is 13.0 Å². The Morgan fingerprint density at radius 3 is 2.10 bits per heavy atom. The normalized spacial score (nSPS) is 21.7. The van der Waals surface area contributed by atoms with Crippen molar-refractivity contribution in [1.29, 1.82) is 0 Å². The highest BCUT2D eigenvalue weighted by atomic mass is 16.7. The first-order valence-electron chi connectivity index (χ1n) is 13.5. The molecule has 1 fully saturated rings. The van der Waals surface area contributed by atoms with Crippen LogP contribution in [0, 0.1) is 0 Å². The number of benzene rings is 1. The average molecular weight is 581 g/mol. The Morgan fingerprint density at radius 1 is 0.805 bits per heavy atom. The van der Waals surface area contributed by atoms with Gasteiger partial charge in [0, 0.05) is 40.8 Å². The average Bonchev–Trinajstić information content (AvgIpc) is 2.90. The van der Waals surface area contributed by atoms with E-state index in [1.54, 1.807) is 0 Å². The van der Waals surface area contributed by atoms with Crippen LogP contribution in [0.3, 0.4) is 0 Å². The van der Waals surface area contributed by atoms with Crippen molar-refractivity contribution < 1.29 is 52.4 Å². The summed E-state index contributed by atoms with van der Waals surface area (Å²) >= 11 is 0. The maximum atomic E-state index is 12.0. The Bertz CT molecular complexity index is 1000. The van der Waals surface area contributed by atoms with Crippen LogP contribution in [0.5, 0.6) is 0 Å². The third kappa shape index (κ3) is 13.0. The predicted octanol–water partition coefficient (Wildman–Crippen LogP) is 2.15. The summed E-state index contributed by atoms with van der Waals surface area (Å²) in [5.74, 6) is -2.38. The van der Waals surface area contributed by atoms with E-state index in [9.17, 15) is 24.0 Å². The van der Waals surface area contributed by atoms with E-state index in [4.69, 9.17) is 28.4 Å². The fraction of sp³-hybridized carbons (Fsp3) is 0.607. The number of carbonyl (C=O) groups excluding carboxylic acids is 5. The van der Waals surface area contributed by atoms with E-state index < -0.39 is 60.6 Å². The van der Waals surface area contributed by atoms with Gasteiger partial charge in [-0.1, -0.05) is 43.2 Å². The Hall–Kier alpha value is -3.71. The number of nitrogens with one attached hydrogen (secondary N) is 2. The second-order valence-corrected chi connectivity index (χ2v) is 9.49. The second-order valence-electron chi connectivity index (χ2n) is 9.49. The summed E-state index contributed by atoms with van der Waals surface area (Å²) in [7, 11) is 0. The molecular weight excluding hydrogens is 540 g/mol. The summed E-state index contributed by atoms with van der Waals surface area (Å²) in [6.07, 6.45) is -1.96. The molecule has 0 aromatic heterocycles. The molecule has 0 spiro atoms. The Morgan fingerprint density at radius 2 is 1.46 bits per heavy atom. The molecule has 13 heteroatoms. The largest absolute Gasteiger partial charge is 0.463 e. The van der Waals surface area contributed by atoms with Gasteiger partial charge in [0.1, 0.15) is 25.4 Å². The van der Waals surface area contributed by atoms with Crippen molar-refractivity contribution in [2.75, 3.05) is 19.8 Å². The van der Waals surface area contributed by atoms with Crippen LogP contribution in [0.2, 0.25) is 0 Å². The lowest BCUT2D eigenvalue weighted by Gasteiger charge is -2.44. The fourth-order valence-corrected chi connectivity index (χ4v) is 4.18. The Kier molecular flexibility index (Phi) is 14.6. The minimum Gasteiger partial charge on any atom is -0.463 e. The minimum atomic E-state index is -1.17. The zero-order valence-electron chi connectivity index (χ0n) is 23.9. The molecule has 228 valence electrons. The van der Waals surface area contributed by atoms with Gasteiger partial charge in [0.25, 0.3) is 0 Å². The van der Waals surface area contributed by atoms with E-state index >= 15 is 0 Å². The zero-order chi connectivity index (χ0) is 30.2. The second kappa shape index (κ2) is 17.9. The molecular formula is C28H40N2O11. The first-order chi connectivity index (χ1) is 19.6. The zero-order valence-corrected chi connectivity index (χ0v) is 23.9. The van der Waals surface area contributed by atoms with Crippen molar-refractivity contribution in [2.24, 2.45) is 0 Å². The molecule has 0 aliphatic carbocycles. The lowest BCUT2D eigenvalue weighted by Crippen LogP contribution is -2.66. The maximum Gasteiger partial charge on any atom is 0.407 e. The highest BCUT2D eigenvalue weighted by Crippen LogP contribution is 2.28. The SMILES string of the molecule is CC(=O)N[C@H]1C(OC(C)=O)[C@@H](OC(C)=O)C(COC(C)=O)O[C@H]1OCCCCCCNC(=O)OCc1ccccc1. The van der Waals surface area contributed by atoms with Gasteiger partial charge in [0.15, 0.2) is 18.5 Å². The van der Waals surface area contributed by atoms with Crippen LogP contribution in [0.1, 0.15) is 58.9 Å². The van der Waals surface area contributed by atoms with Crippen LogP contribution in [-0.4, -0.2) is 80.3 Å². The fourth-order valence-electron chi connectivity index (χ4n) is 4.18. The number of hydrogen-bond donors (Lipinski definition) is 2. The lowest BCUT2D eigenvalue weighted by atomic mass is 9.96. The van der Waals surface area contributed by atoms with E-state index in [0.717, 1.165) is 24.8 Å². The Balaban J connectivity index is 1.86. The summed E-state index contributed by atoms with van der Waals surface area (Å²) in [5, 5.41) is 5.38. The van der Waals surface area contributed by atoms with Gasteiger partial charge in [0.05, 0.1) is 0 Å². The number of esters is 3. The quantitative estimate of drug-likeness (QED) is 0.177. The van der Waals surface area contributed by atoms with E-state index in [2.05, 4.69) is 10.6 Å². The molecule has 0 radical (unpaired) electrons. The van der Waals surface area contributed by atoms with Crippen molar-refractivity contribution in [3.05, 3.63) is 35.9 Å². The van der Waals surface area contributed by atoms with Crippen LogP contribution in [0.4, 0.5) is 4.79 Å². The molecule has 1 saturated heterocycles. The monoisotopic (exact) mass is 580 g/mol. The first-order valence-corrected chi connectivity index (χ1v) is 13.5. The molecule has 1 aromatic rings. The number of carbonyl (C=O) groups is 5. The number of amides is 2. The van der Waals surface area contributed by atoms with Crippen molar-refractivity contribution in [3.8, 4) is 0 Å². The van der Waals surface area contributed by atoms with Gasteiger partial charge < -0.3 is 39.1 Å². The van der Waals surface area contributed by atoms with Crippen molar-refractivity contribution in [2.45, 2.75) is 90.6 Å². The molecule has 1 aliphatic heterocycles. The van der Waals surface area contributed by atoms with Crippen molar-refractivity contribution >= 4 is 29.9 Å². The first kappa shape index (κ1) is 33.5. The summed E-state index contributed by atoms with van der Waals surface area (Å²) < 4.78 is 32.9. The van der Waals surface area contributed by atoms with Gasteiger partial charge in [-0.05, 0) is 18.4 Å². The number of unbranched alkanes of at least 4 members (excludes halogenated alkanes) is 3. The molecule has 2 amide bonds. The number of hydrogen-bond acceptors (Lipinski definition) is 11. The van der Waals surface area contributed by atoms with Gasteiger partial charge in [0.2, 0.25) is 5.91 Å². The number of alkyl carbamates (subject to hydrolysis) is 1. The van der Waals surface area contributed by atoms with E-state index in [1.807, 2.05) is 30.3 Å². The molecule has 1 aliphatic rings. The van der Waals surface area contributed by atoms with Crippen molar-refractivity contribution in [1.82, 2.24) is 10.6 Å². The molecule has 2 unspecified atom stereocenters. The molecule has 2 rings (SSSR count). The van der Waals surface area contributed by atoms with Gasteiger partial charge in [-0.3, -0.25) is 19.2 Å². The molecule has 1 aromatic carbocycles. The van der Waals surface area contributed by atoms with Gasteiger partial charge in [-0.15, -0.1) is 0 Å². The van der Waals surface area contributed by atoms with Crippen LogP contribution < -0.4 is 10.6 Å². The van der Waals surface area contributed by atoms with E-state index in [-0.39, 0.29) is 19.8 Å². The van der Waals surface area contributed by atoms with Gasteiger partial charge >= 0.3 is 24.0 Å².